The van der Waals surface area contributed by atoms with Crippen LogP contribution in [0.4, 0.5) is 0 Å². The van der Waals surface area contributed by atoms with Crippen LogP contribution in [0.25, 0.3) is 11.6 Å². The highest BCUT2D eigenvalue weighted by molar-refractivity contribution is 5.87. The first kappa shape index (κ1) is 15.5. The second-order valence-electron chi connectivity index (χ2n) is 4.80. The van der Waals surface area contributed by atoms with E-state index in [1.807, 2.05) is 26.8 Å². The van der Waals surface area contributed by atoms with E-state index in [4.69, 9.17) is 4.74 Å². The summed E-state index contributed by atoms with van der Waals surface area (Å²) in [4.78, 5) is 8.59. The van der Waals surface area contributed by atoms with Crippen molar-refractivity contribution in [3.63, 3.8) is 0 Å². The highest BCUT2D eigenvalue weighted by Crippen LogP contribution is 2.28. The van der Waals surface area contributed by atoms with Crippen LogP contribution < -0.4 is 4.74 Å². The van der Waals surface area contributed by atoms with Gasteiger partial charge in [-0.1, -0.05) is 6.07 Å². The van der Waals surface area contributed by atoms with Gasteiger partial charge in [-0.25, -0.2) is 9.97 Å². The molecule has 1 aromatic heterocycles. The molecule has 0 radical (unpaired) electrons. The second-order valence-corrected chi connectivity index (χ2v) is 4.80. The number of hydrogen-bond acceptors (Lipinski definition) is 5. The molecule has 0 aliphatic carbocycles. The maximum Gasteiger partial charge on any atom is 0.170 e. The van der Waals surface area contributed by atoms with Gasteiger partial charge in [0.25, 0.3) is 0 Å². The maximum atomic E-state index is 9.71. The number of aromatic nitrogens is 2. The molecule has 1 N–H and O–H groups in total. The highest BCUT2D eigenvalue weighted by atomic mass is 16.5. The minimum Gasteiger partial charge on any atom is -0.504 e. The first-order valence-corrected chi connectivity index (χ1v) is 6.93. The summed E-state index contributed by atoms with van der Waals surface area (Å²) in [6.45, 7) is 6.01. The van der Waals surface area contributed by atoms with Gasteiger partial charge in [0.2, 0.25) is 0 Å². The molecule has 22 heavy (non-hydrogen) atoms. The van der Waals surface area contributed by atoms with Crippen LogP contribution in [0.2, 0.25) is 0 Å². The van der Waals surface area contributed by atoms with Crippen LogP contribution in [0, 0.1) is 25.2 Å². The molecular weight excluding hydrogens is 278 g/mol. The molecular formula is C17H17N3O2. The molecule has 5 heteroatoms. The minimum absolute atomic E-state index is 0.0696. The van der Waals surface area contributed by atoms with Gasteiger partial charge in [0.15, 0.2) is 17.3 Å². The number of benzene rings is 1. The van der Waals surface area contributed by atoms with Gasteiger partial charge in [-0.2, -0.15) is 5.26 Å². The van der Waals surface area contributed by atoms with Crippen molar-refractivity contribution in [2.24, 2.45) is 0 Å². The standard InChI is InChI=1S/C17H17N3O2/c1-4-22-16-9-13(5-6-15(16)21)8-14(10-18)17-19-11(2)7-12(3)20-17/h5-9,21H,4H2,1-3H3/b14-8+. The number of aryl methyl sites for hydroxylation is 2. The average molecular weight is 295 g/mol. The molecule has 1 aromatic carbocycles. The average Bonchev–Trinajstić information content (AvgIpc) is 2.47. The summed E-state index contributed by atoms with van der Waals surface area (Å²) in [6.07, 6.45) is 1.68. The monoisotopic (exact) mass is 295 g/mol. The van der Waals surface area contributed by atoms with Crippen LogP contribution in [0.5, 0.6) is 11.5 Å². The van der Waals surface area contributed by atoms with Crippen LogP contribution in [0.1, 0.15) is 29.7 Å². The van der Waals surface area contributed by atoms with Crippen LogP contribution in [0.15, 0.2) is 24.3 Å². The highest BCUT2D eigenvalue weighted by Gasteiger charge is 2.08. The Bertz CT molecular complexity index is 741. The summed E-state index contributed by atoms with van der Waals surface area (Å²) in [6, 6.07) is 8.90. The van der Waals surface area contributed by atoms with Gasteiger partial charge >= 0.3 is 0 Å². The molecule has 2 rings (SSSR count). The molecule has 0 spiro atoms. The molecule has 0 unspecified atom stereocenters. The molecule has 0 amide bonds. The lowest BCUT2D eigenvalue weighted by atomic mass is 10.1. The van der Waals surface area contributed by atoms with Crippen molar-refractivity contribution in [1.82, 2.24) is 9.97 Å². The number of hydrogen-bond donors (Lipinski definition) is 1. The van der Waals surface area contributed by atoms with Crippen molar-refractivity contribution in [2.45, 2.75) is 20.8 Å². The number of rotatable bonds is 4. The third kappa shape index (κ3) is 3.61. The predicted octanol–water partition coefficient (Wildman–Crippen LogP) is 3.26. The Kier molecular flexibility index (Phi) is 4.74. The Morgan fingerprint density at radius 3 is 2.55 bits per heavy atom. The van der Waals surface area contributed by atoms with E-state index in [0.717, 1.165) is 17.0 Å². The summed E-state index contributed by atoms with van der Waals surface area (Å²) in [5.74, 6) is 0.848. The summed E-state index contributed by atoms with van der Waals surface area (Å²) in [7, 11) is 0. The van der Waals surface area contributed by atoms with E-state index in [1.54, 1.807) is 18.2 Å². The van der Waals surface area contributed by atoms with Crippen molar-refractivity contribution in [2.75, 3.05) is 6.61 Å². The molecule has 1 heterocycles. The second kappa shape index (κ2) is 6.72. The largest absolute Gasteiger partial charge is 0.504 e. The molecule has 0 saturated heterocycles. The number of allylic oxidation sites excluding steroid dienone is 1. The van der Waals surface area contributed by atoms with Gasteiger partial charge < -0.3 is 9.84 Å². The lowest BCUT2D eigenvalue weighted by molar-refractivity contribution is 0.318. The molecule has 0 atom stereocenters. The minimum atomic E-state index is 0.0696. The Balaban J connectivity index is 2.45. The van der Waals surface area contributed by atoms with E-state index >= 15 is 0 Å². The summed E-state index contributed by atoms with van der Waals surface area (Å²) in [5, 5.41) is 19.1. The fraction of sp³-hybridized carbons (Fsp3) is 0.235. The van der Waals surface area contributed by atoms with Crippen molar-refractivity contribution in [3.8, 4) is 17.6 Å². The fourth-order valence-electron chi connectivity index (χ4n) is 2.05. The number of nitriles is 1. The SMILES string of the molecule is CCOc1cc(/C=C(\C#N)c2nc(C)cc(C)n2)ccc1O. The molecule has 0 fully saturated rings. The Labute approximate surface area is 129 Å². The summed E-state index contributed by atoms with van der Waals surface area (Å²) >= 11 is 0. The first-order valence-electron chi connectivity index (χ1n) is 6.93. The molecule has 0 aliphatic heterocycles. The van der Waals surface area contributed by atoms with E-state index in [2.05, 4.69) is 16.0 Å². The van der Waals surface area contributed by atoms with E-state index in [9.17, 15) is 10.4 Å². The number of nitrogens with zero attached hydrogens (tertiary/aromatic N) is 3. The zero-order valence-corrected chi connectivity index (χ0v) is 12.8. The van der Waals surface area contributed by atoms with E-state index in [-0.39, 0.29) is 5.75 Å². The van der Waals surface area contributed by atoms with Gasteiger partial charge in [0.1, 0.15) is 6.07 Å². The van der Waals surface area contributed by atoms with Crippen LogP contribution in [-0.2, 0) is 0 Å². The number of phenols is 1. The Morgan fingerprint density at radius 2 is 1.95 bits per heavy atom. The Hall–Kier alpha value is -2.87. The lowest BCUT2D eigenvalue weighted by Crippen LogP contribution is -1.97. The zero-order chi connectivity index (χ0) is 16.1. The van der Waals surface area contributed by atoms with Crippen molar-refractivity contribution >= 4 is 11.6 Å². The van der Waals surface area contributed by atoms with E-state index < -0.39 is 0 Å². The van der Waals surface area contributed by atoms with Gasteiger partial charge in [-0.3, -0.25) is 0 Å². The number of aromatic hydroxyl groups is 1. The first-order chi connectivity index (χ1) is 10.5. The number of ether oxygens (including phenoxy) is 1. The fourth-order valence-corrected chi connectivity index (χ4v) is 2.05. The predicted molar refractivity (Wildman–Crippen MR) is 84.3 cm³/mol. The quantitative estimate of drug-likeness (QED) is 0.876. The van der Waals surface area contributed by atoms with Gasteiger partial charge in [0.05, 0.1) is 12.2 Å². The third-order valence-corrected chi connectivity index (χ3v) is 2.94. The summed E-state index contributed by atoms with van der Waals surface area (Å²) < 4.78 is 5.34. The molecule has 0 aliphatic rings. The third-order valence-electron chi connectivity index (χ3n) is 2.94. The van der Waals surface area contributed by atoms with E-state index in [1.165, 1.54) is 6.07 Å². The summed E-state index contributed by atoms with van der Waals surface area (Å²) in [5.41, 5.74) is 2.72. The van der Waals surface area contributed by atoms with Crippen molar-refractivity contribution < 1.29 is 9.84 Å². The number of phenolic OH excluding ortho intramolecular Hbond substituents is 1. The smallest absolute Gasteiger partial charge is 0.170 e. The molecule has 0 saturated carbocycles. The van der Waals surface area contributed by atoms with Crippen molar-refractivity contribution in [3.05, 3.63) is 47.0 Å². The maximum absolute atomic E-state index is 9.71. The van der Waals surface area contributed by atoms with Gasteiger partial charge in [-0.15, -0.1) is 0 Å². The van der Waals surface area contributed by atoms with E-state index in [0.29, 0.717) is 23.8 Å². The van der Waals surface area contributed by atoms with Crippen molar-refractivity contribution in [1.29, 1.82) is 5.26 Å². The van der Waals surface area contributed by atoms with Crippen LogP contribution >= 0.6 is 0 Å². The lowest BCUT2D eigenvalue weighted by Gasteiger charge is -2.07. The molecule has 2 aromatic rings. The van der Waals surface area contributed by atoms with Crippen LogP contribution in [-0.4, -0.2) is 21.7 Å². The Morgan fingerprint density at radius 1 is 1.27 bits per heavy atom. The normalized spacial score (nSPS) is 11.1. The molecule has 5 nitrogen and oxygen atoms in total. The topological polar surface area (TPSA) is 79.0 Å². The van der Waals surface area contributed by atoms with Gasteiger partial charge in [0, 0.05) is 11.4 Å². The molecule has 112 valence electrons. The zero-order valence-electron chi connectivity index (χ0n) is 12.8. The van der Waals surface area contributed by atoms with Gasteiger partial charge in [-0.05, 0) is 50.6 Å². The molecule has 0 bridgehead atoms. The van der Waals surface area contributed by atoms with Crippen LogP contribution in [0.3, 0.4) is 0 Å².